The van der Waals surface area contributed by atoms with Crippen molar-refractivity contribution in [3.8, 4) is 0 Å². The fraction of sp³-hybridized carbons (Fsp3) is 0.333. The molecule has 0 saturated heterocycles. The largest absolute Gasteiger partial charge is 0.468 e. The summed E-state index contributed by atoms with van der Waals surface area (Å²) in [6.07, 6.45) is 0. The van der Waals surface area contributed by atoms with Crippen molar-refractivity contribution in [1.82, 2.24) is 4.98 Å². The second kappa shape index (κ2) is 6.26. The number of nitrogens with zero attached hydrogens (tertiary/aromatic N) is 4. The quantitative estimate of drug-likeness (QED) is 0.352. The number of rotatable bonds is 5. The van der Waals surface area contributed by atoms with Crippen molar-refractivity contribution in [3.63, 3.8) is 0 Å². The number of methoxy groups -OCH3 is 1. The van der Waals surface area contributed by atoms with Gasteiger partial charge < -0.3 is 10.1 Å². The van der Waals surface area contributed by atoms with Crippen molar-refractivity contribution in [1.29, 1.82) is 0 Å². The monoisotopic (exact) mass is 221 g/mol. The van der Waals surface area contributed by atoms with E-state index in [1.165, 1.54) is 7.11 Å². The molecule has 0 saturated carbocycles. The highest BCUT2D eigenvalue weighted by molar-refractivity contribution is 5.74. The summed E-state index contributed by atoms with van der Waals surface area (Å²) >= 11 is 0. The molecule has 0 bridgehead atoms. The third kappa shape index (κ3) is 3.85. The molecule has 0 amide bonds. The first-order valence-electron chi connectivity index (χ1n) is 4.53. The van der Waals surface area contributed by atoms with Gasteiger partial charge >= 0.3 is 5.97 Å². The fourth-order valence-electron chi connectivity index (χ4n) is 1.01. The summed E-state index contributed by atoms with van der Waals surface area (Å²) in [6, 6.07) is 5.20. The summed E-state index contributed by atoms with van der Waals surface area (Å²) in [5.74, 6) is 0.165. The Hall–Kier alpha value is -2.27. The Kier molecular flexibility index (Phi) is 4.62. The van der Waals surface area contributed by atoms with Crippen molar-refractivity contribution in [2.75, 3.05) is 19.0 Å². The second-order valence-electron chi connectivity index (χ2n) is 2.83. The van der Waals surface area contributed by atoms with Gasteiger partial charge in [0.25, 0.3) is 0 Å². The number of carbonyl (C=O) groups excluding carboxylic acids is 1. The van der Waals surface area contributed by atoms with Gasteiger partial charge in [0.05, 0.1) is 13.7 Å². The lowest BCUT2D eigenvalue weighted by molar-refractivity contribution is -0.138. The molecule has 1 aromatic rings. The summed E-state index contributed by atoms with van der Waals surface area (Å²) in [5.41, 5.74) is 8.79. The molecule has 0 aromatic carbocycles. The zero-order valence-corrected chi connectivity index (χ0v) is 8.75. The lowest BCUT2D eigenvalue weighted by Crippen LogP contribution is -2.15. The van der Waals surface area contributed by atoms with E-state index in [0.29, 0.717) is 11.5 Å². The molecular weight excluding hydrogens is 210 g/mol. The molecule has 0 radical (unpaired) electrons. The number of hydrogen-bond acceptors (Lipinski definition) is 5. The predicted molar refractivity (Wildman–Crippen MR) is 57.6 cm³/mol. The van der Waals surface area contributed by atoms with Crippen LogP contribution >= 0.6 is 0 Å². The first-order chi connectivity index (χ1) is 7.76. The summed E-state index contributed by atoms with van der Waals surface area (Å²) in [6.45, 7) is 0.235. The van der Waals surface area contributed by atoms with E-state index in [2.05, 4.69) is 25.1 Å². The number of esters is 1. The molecule has 0 aliphatic heterocycles. The molecule has 0 unspecified atom stereocenters. The Morgan fingerprint density at radius 2 is 2.50 bits per heavy atom. The van der Waals surface area contributed by atoms with Crippen LogP contribution in [0.15, 0.2) is 23.3 Å². The zero-order valence-electron chi connectivity index (χ0n) is 8.75. The maximum Gasteiger partial charge on any atom is 0.325 e. The summed E-state index contributed by atoms with van der Waals surface area (Å²) < 4.78 is 4.47. The van der Waals surface area contributed by atoms with Crippen LogP contribution in [0.4, 0.5) is 5.82 Å². The number of pyridine rings is 1. The molecule has 1 N–H and O–H groups in total. The summed E-state index contributed by atoms with van der Waals surface area (Å²) in [7, 11) is 1.31. The minimum Gasteiger partial charge on any atom is -0.468 e. The van der Waals surface area contributed by atoms with Crippen LogP contribution in [0.2, 0.25) is 0 Å². The third-order valence-electron chi connectivity index (χ3n) is 1.74. The molecule has 1 rings (SSSR count). The second-order valence-corrected chi connectivity index (χ2v) is 2.83. The molecule has 1 aromatic heterocycles. The van der Waals surface area contributed by atoms with Crippen LogP contribution in [0, 0.1) is 0 Å². The molecular formula is C9H11N5O2. The van der Waals surface area contributed by atoms with E-state index in [9.17, 15) is 4.79 Å². The van der Waals surface area contributed by atoms with Gasteiger partial charge in [0.2, 0.25) is 0 Å². The molecule has 0 aliphatic rings. The van der Waals surface area contributed by atoms with E-state index < -0.39 is 0 Å². The molecule has 0 aliphatic carbocycles. The smallest absolute Gasteiger partial charge is 0.325 e. The van der Waals surface area contributed by atoms with Gasteiger partial charge in [0.15, 0.2) is 0 Å². The van der Waals surface area contributed by atoms with E-state index in [-0.39, 0.29) is 19.1 Å². The molecule has 0 fully saturated rings. The number of aromatic nitrogens is 1. The van der Waals surface area contributed by atoms with E-state index in [1.807, 2.05) is 0 Å². The minimum atomic E-state index is -0.373. The highest BCUT2D eigenvalue weighted by Gasteiger charge is 2.01. The predicted octanol–water partition coefficient (Wildman–Crippen LogP) is 1.48. The number of anilines is 1. The number of carbonyl (C=O) groups is 1. The first kappa shape index (κ1) is 11.8. The molecule has 0 atom stereocenters. The normalized spacial score (nSPS) is 9.06. The zero-order chi connectivity index (χ0) is 11.8. The van der Waals surface area contributed by atoms with Crippen LogP contribution in [-0.4, -0.2) is 24.6 Å². The van der Waals surface area contributed by atoms with Gasteiger partial charge in [0, 0.05) is 10.6 Å². The summed E-state index contributed by atoms with van der Waals surface area (Å²) in [4.78, 5) is 17.6. The van der Waals surface area contributed by atoms with Gasteiger partial charge in [-0.25, -0.2) is 4.98 Å². The summed E-state index contributed by atoms with van der Waals surface area (Å²) in [5, 5.41) is 6.18. The van der Waals surface area contributed by atoms with E-state index in [1.54, 1.807) is 18.2 Å². The fourth-order valence-corrected chi connectivity index (χ4v) is 1.01. The third-order valence-corrected chi connectivity index (χ3v) is 1.74. The van der Waals surface area contributed by atoms with Crippen LogP contribution in [0.3, 0.4) is 0 Å². The molecule has 7 heteroatoms. The molecule has 0 spiro atoms. The maximum atomic E-state index is 10.9. The van der Waals surface area contributed by atoms with Gasteiger partial charge in [0.1, 0.15) is 12.4 Å². The van der Waals surface area contributed by atoms with Gasteiger partial charge in [-0.05, 0) is 17.7 Å². The molecule has 16 heavy (non-hydrogen) atoms. The van der Waals surface area contributed by atoms with Crippen molar-refractivity contribution >= 4 is 11.8 Å². The van der Waals surface area contributed by atoms with Crippen LogP contribution in [0.1, 0.15) is 5.69 Å². The average Bonchev–Trinajstić information content (AvgIpc) is 2.34. The Morgan fingerprint density at radius 1 is 1.69 bits per heavy atom. The Morgan fingerprint density at radius 3 is 3.19 bits per heavy atom. The number of nitrogens with one attached hydrogen (secondary N) is 1. The van der Waals surface area contributed by atoms with Crippen LogP contribution < -0.4 is 5.32 Å². The highest BCUT2D eigenvalue weighted by atomic mass is 16.5. The van der Waals surface area contributed by atoms with Gasteiger partial charge in [-0.1, -0.05) is 11.2 Å². The highest BCUT2D eigenvalue weighted by Crippen LogP contribution is 2.05. The Balaban J connectivity index is 2.59. The SMILES string of the molecule is COC(=O)CNc1cccc(CN=[N+]=[N-])n1. The lowest BCUT2D eigenvalue weighted by Gasteiger charge is -2.04. The van der Waals surface area contributed by atoms with Gasteiger partial charge in [-0.2, -0.15) is 0 Å². The average molecular weight is 221 g/mol. The minimum absolute atomic E-state index is 0.0501. The Bertz CT molecular complexity index is 414. The van der Waals surface area contributed by atoms with Crippen LogP contribution in [0.25, 0.3) is 10.4 Å². The van der Waals surface area contributed by atoms with Crippen molar-refractivity contribution in [2.45, 2.75) is 6.54 Å². The van der Waals surface area contributed by atoms with Crippen molar-refractivity contribution < 1.29 is 9.53 Å². The van der Waals surface area contributed by atoms with E-state index in [0.717, 1.165) is 0 Å². The maximum absolute atomic E-state index is 10.9. The Labute approximate surface area is 92.1 Å². The van der Waals surface area contributed by atoms with Crippen LogP contribution in [-0.2, 0) is 16.1 Å². The van der Waals surface area contributed by atoms with Crippen molar-refractivity contribution in [3.05, 3.63) is 34.3 Å². The molecule has 1 heterocycles. The topological polar surface area (TPSA) is 100.0 Å². The number of hydrogen-bond donors (Lipinski definition) is 1. The molecule has 7 nitrogen and oxygen atoms in total. The van der Waals surface area contributed by atoms with E-state index in [4.69, 9.17) is 5.53 Å². The van der Waals surface area contributed by atoms with Crippen LogP contribution in [0.5, 0.6) is 0 Å². The van der Waals surface area contributed by atoms with E-state index >= 15 is 0 Å². The van der Waals surface area contributed by atoms with Crippen molar-refractivity contribution in [2.24, 2.45) is 5.11 Å². The first-order valence-corrected chi connectivity index (χ1v) is 4.53. The van der Waals surface area contributed by atoms with Gasteiger partial charge in [-0.3, -0.25) is 4.79 Å². The van der Waals surface area contributed by atoms with Gasteiger partial charge in [-0.15, -0.1) is 0 Å². The number of azide groups is 1. The molecule has 84 valence electrons. The standard InChI is InChI=1S/C9H11N5O2/c1-16-9(15)6-11-8-4-2-3-7(13-8)5-12-14-10/h2-4H,5-6H2,1H3,(H,11,13). The number of ether oxygens (including phenoxy) is 1. The lowest BCUT2D eigenvalue weighted by atomic mass is 10.3.